The molecule has 0 spiro atoms. The topological polar surface area (TPSA) is 50.8 Å². The van der Waals surface area contributed by atoms with E-state index in [0.717, 1.165) is 32.5 Å². The van der Waals surface area contributed by atoms with Gasteiger partial charge in [-0.05, 0) is 44.4 Å². The van der Waals surface area contributed by atoms with Crippen LogP contribution in [0.2, 0.25) is 0 Å². The molecule has 0 radical (unpaired) electrons. The highest BCUT2D eigenvalue weighted by molar-refractivity contribution is 5.67. The van der Waals surface area contributed by atoms with Crippen LogP contribution < -0.4 is 5.32 Å². The van der Waals surface area contributed by atoms with Gasteiger partial charge in [0.05, 0.1) is 12.7 Å². The number of amides is 1. The second-order valence-corrected chi connectivity index (χ2v) is 7.80. The lowest BCUT2D eigenvalue weighted by molar-refractivity contribution is 0.0472. The number of ether oxygens (including phenoxy) is 2. The normalized spacial score (nSPS) is 32.1. The smallest absolute Gasteiger partial charge is 0.409 e. The first kappa shape index (κ1) is 17.0. The zero-order chi connectivity index (χ0) is 16.2. The number of carbonyl (C=O) groups excluding carboxylic acids is 1. The van der Waals surface area contributed by atoms with Crippen LogP contribution in [-0.2, 0) is 9.47 Å². The van der Waals surface area contributed by atoms with Crippen LogP contribution in [0, 0.1) is 11.8 Å². The molecule has 132 valence electrons. The van der Waals surface area contributed by atoms with Gasteiger partial charge in [-0.25, -0.2) is 4.79 Å². The molecule has 0 aromatic carbocycles. The molecule has 2 aliphatic heterocycles. The zero-order valence-corrected chi connectivity index (χ0v) is 14.6. The van der Waals surface area contributed by atoms with Crippen molar-refractivity contribution in [1.29, 1.82) is 0 Å². The Morgan fingerprint density at radius 1 is 1.22 bits per heavy atom. The number of fused-ring (bicyclic) bond motifs is 1. The van der Waals surface area contributed by atoms with Gasteiger partial charge in [0.15, 0.2) is 0 Å². The number of carbonyl (C=O) groups is 1. The van der Waals surface area contributed by atoms with E-state index < -0.39 is 0 Å². The quantitative estimate of drug-likeness (QED) is 0.864. The summed E-state index contributed by atoms with van der Waals surface area (Å²) in [4.78, 5) is 13.9. The summed E-state index contributed by atoms with van der Waals surface area (Å²) in [5.41, 5.74) is 0. The molecule has 2 saturated heterocycles. The molecule has 1 aliphatic carbocycles. The largest absolute Gasteiger partial charge is 0.449 e. The predicted octanol–water partition coefficient (Wildman–Crippen LogP) is 2.79. The number of hydrogen-bond acceptors (Lipinski definition) is 4. The van der Waals surface area contributed by atoms with Crippen molar-refractivity contribution in [2.24, 2.45) is 11.8 Å². The highest BCUT2D eigenvalue weighted by Crippen LogP contribution is 2.35. The van der Waals surface area contributed by atoms with E-state index in [1.165, 1.54) is 25.7 Å². The molecule has 3 fully saturated rings. The molecule has 0 aromatic heterocycles. The van der Waals surface area contributed by atoms with Gasteiger partial charge in [-0.3, -0.25) is 0 Å². The van der Waals surface area contributed by atoms with Crippen LogP contribution in [0.4, 0.5) is 4.79 Å². The van der Waals surface area contributed by atoms with E-state index in [0.29, 0.717) is 36.6 Å². The Morgan fingerprint density at radius 3 is 2.74 bits per heavy atom. The Kier molecular flexibility index (Phi) is 5.81. The van der Waals surface area contributed by atoms with Crippen molar-refractivity contribution in [1.82, 2.24) is 10.2 Å². The van der Waals surface area contributed by atoms with Crippen molar-refractivity contribution >= 4 is 6.09 Å². The van der Waals surface area contributed by atoms with Crippen molar-refractivity contribution in [3.8, 4) is 0 Å². The third-order valence-electron chi connectivity index (χ3n) is 5.52. The summed E-state index contributed by atoms with van der Waals surface area (Å²) in [6.07, 6.45) is 7.43. The summed E-state index contributed by atoms with van der Waals surface area (Å²) in [6.45, 7) is 7.20. The summed E-state index contributed by atoms with van der Waals surface area (Å²) < 4.78 is 11.2. The first-order chi connectivity index (χ1) is 11.1. The van der Waals surface area contributed by atoms with Crippen molar-refractivity contribution < 1.29 is 14.3 Å². The molecular weight excluding hydrogens is 292 g/mol. The predicted molar refractivity (Wildman–Crippen MR) is 89.4 cm³/mol. The highest BCUT2D eigenvalue weighted by Gasteiger charge is 2.38. The van der Waals surface area contributed by atoms with Gasteiger partial charge >= 0.3 is 6.09 Å². The molecule has 2 heterocycles. The van der Waals surface area contributed by atoms with E-state index in [1.54, 1.807) is 0 Å². The number of rotatable bonds is 4. The second-order valence-electron chi connectivity index (χ2n) is 7.80. The average molecular weight is 324 g/mol. The number of hydrogen-bond donors (Lipinski definition) is 1. The van der Waals surface area contributed by atoms with E-state index in [4.69, 9.17) is 9.47 Å². The van der Waals surface area contributed by atoms with Crippen LogP contribution in [-0.4, -0.2) is 55.5 Å². The Balaban J connectivity index is 1.41. The fourth-order valence-corrected chi connectivity index (χ4v) is 4.24. The third kappa shape index (κ3) is 4.38. The van der Waals surface area contributed by atoms with Gasteiger partial charge in [-0.15, -0.1) is 0 Å². The third-order valence-corrected chi connectivity index (χ3v) is 5.52. The first-order valence-corrected chi connectivity index (χ1v) is 9.43. The number of nitrogens with one attached hydrogen (secondary N) is 1. The van der Waals surface area contributed by atoms with E-state index in [9.17, 15) is 4.79 Å². The molecule has 5 heteroatoms. The number of piperidine rings is 1. The summed E-state index contributed by atoms with van der Waals surface area (Å²) in [5.74, 6) is 1.10. The Labute approximate surface area is 140 Å². The minimum Gasteiger partial charge on any atom is -0.449 e. The minimum atomic E-state index is -0.140. The SMILES string of the molecule is CC(C)COC(=O)N1CCC(N[C@@H]2CCC[C@@H]3OCC[C@@H]32)CC1. The molecule has 5 nitrogen and oxygen atoms in total. The van der Waals surface area contributed by atoms with Gasteiger partial charge in [0.1, 0.15) is 0 Å². The molecule has 3 aliphatic rings. The maximum atomic E-state index is 12.0. The summed E-state index contributed by atoms with van der Waals surface area (Å²) in [6, 6.07) is 1.15. The standard InChI is InChI=1S/C18H32N2O3/c1-13(2)12-23-18(21)20-9-6-14(7-10-20)19-16-4-3-5-17-15(16)8-11-22-17/h13-17,19H,3-12H2,1-2H3/t15-,16-,17+/m1/s1. The lowest BCUT2D eigenvalue weighted by atomic mass is 9.81. The lowest BCUT2D eigenvalue weighted by Crippen LogP contribution is -2.51. The van der Waals surface area contributed by atoms with E-state index in [2.05, 4.69) is 19.2 Å². The molecule has 1 N–H and O–H groups in total. The zero-order valence-electron chi connectivity index (χ0n) is 14.6. The first-order valence-electron chi connectivity index (χ1n) is 9.43. The van der Waals surface area contributed by atoms with Gasteiger partial charge in [-0.1, -0.05) is 13.8 Å². The van der Waals surface area contributed by atoms with Crippen molar-refractivity contribution in [3.63, 3.8) is 0 Å². The van der Waals surface area contributed by atoms with E-state index in [-0.39, 0.29) is 6.09 Å². The second kappa shape index (κ2) is 7.84. The van der Waals surface area contributed by atoms with Gasteiger partial charge in [0, 0.05) is 37.7 Å². The van der Waals surface area contributed by atoms with Crippen LogP contribution in [0.25, 0.3) is 0 Å². The van der Waals surface area contributed by atoms with Crippen LogP contribution in [0.15, 0.2) is 0 Å². The molecule has 23 heavy (non-hydrogen) atoms. The van der Waals surface area contributed by atoms with Crippen LogP contribution in [0.1, 0.15) is 52.4 Å². The number of likely N-dealkylation sites (tertiary alicyclic amines) is 1. The van der Waals surface area contributed by atoms with Gasteiger partial charge in [0.2, 0.25) is 0 Å². The maximum Gasteiger partial charge on any atom is 0.409 e. The number of nitrogens with zero attached hydrogens (tertiary/aromatic N) is 1. The maximum absolute atomic E-state index is 12.0. The molecule has 0 aromatic rings. The molecule has 3 atom stereocenters. The summed E-state index contributed by atoms with van der Waals surface area (Å²) >= 11 is 0. The summed E-state index contributed by atoms with van der Waals surface area (Å²) in [5, 5.41) is 3.88. The minimum absolute atomic E-state index is 0.140. The Hall–Kier alpha value is -0.810. The van der Waals surface area contributed by atoms with E-state index in [1.807, 2.05) is 4.90 Å². The van der Waals surface area contributed by atoms with Crippen molar-refractivity contribution in [2.75, 3.05) is 26.3 Å². The highest BCUT2D eigenvalue weighted by atomic mass is 16.6. The molecular formula is C18H32N2O3. The average Bonchev–Trinajstić information content (AvgIpc) is 3.03. The van der Waals surface area contributed by atoms with Gasteiger partial charge < -0.3 is 19.7 Å². The van der Waals surface area contributed by atoms with Crippen LogP contribution >= 0.6 is 0 Å². The molecule has 1 saturated carbocycles. The molecule has 3 rings (SSSR count). The fourth-order valence-electron chi connectivity index (χ4n) is 4.24. The molecule has 0 bridgehead atoms. The fraction of sp³-hybridized carbons (Fsp3) is 0.944. The molecule has 0 unspecified atom stereocenters. The molecule has 1 amide bonds. The Morgan fingerprint density at radius 2 is 2.00 bits per heavy atom. The van der Waals surface area contributed by atoms with Crippen molar-refractivity contribution in [3.05, 3.63) is 0 Å². The Bertz CT molecular complexity index is 394. The monoisotopic (exact) mass is 324 g/mol. The van der Waals surface area contributed by atoms with Gasteiger partial charge in [-0.2, -0.15) is 0 Å². The van der Waals surface area contributed by atoms with Crippen LogP contribution in [0.5, 0.6) is 0 Å². The van der Waals surface area contributed by atoms with Crippen LogP contribution in [0.3, 0.4) is 0 Å². The lowest BCUT2D eigenvalue weighted by Gasteiger charge is -2.39. The summed E-state index contributed by atoms with van der Waals surface area (Å²) in [7, 11) is 0. The van der Waals surface area contributed by atoms with Gasteiger partial charge in [0.25, 0.3) is 0 Å². The van der Waals surface area contributed by atoms with E-state index >= 15 is 0 Å². The van der Waals surface area contributed by atoms with Crippen molar-refractivity contribution in [2.45, 2.75) is 70.6 Å².